The molecule has 0 atom stereocenters. The lowest BCUT2D eigenvalue weighted by molar-refractivity contribution is 0.660. The van der Waals surface area contributed by atoms with Crippen molar-refractivity contribution in [1.29, 1.82) is 0 Å². The van der Waals surface area contributed by atoms with E-state index >= 15 is 0 Å². The molecule has 2 heterocycles. The molecule has 60 heavy (non-hydrogen) atoms. The largest absolute Gasteiger partial charge is 0.363 e. The maximum absolute atomic E-state index is 2.49. The van der Waals surface area contributed by atoms with Gasteiger partial charge in [-0.2, -0.15) is 0 Å². The lowest BCUT2D eigenvalue weighted by Gasteiger charge is -2.30. The molecule has 1 aliphatic carbocycles. The first-order valence-corrected chi connectivity index (χ1v) is 21.1. The third-order valence-electron chi connectivity index (χ3n) is 13.2. The Labute approximate surface area is 351 Å². The van der Waals surface area contributed by atoms with Crippen LogP contribution >= 0.6 is 0 Å². The topological polar surface area (TPSA) is 11.4 Å². The van der Waals surface area contributed by atoms with E-state index in [1.165, 1.54) is 82.8 Å². The first-order valence-electron chi connectivity index (χ1n) is 21.1. The van der Waals surface area contributed by atoms with Gasteiger partial charge in [0, 0.05) is 57.7 Å². The molecule has 0 radical (unpaired) electrons. The summed E-state index contributed by atoms with van der Waals surface area (Å²) in [5.74, 6) is 0. The molecule has 286 valence electrons. The number of benzene rings is 9. The van der Waals surface area contributed by atoms with Crippen LogP contribution in [0.3, 0.4) is 0 Å². The van der Waals surface area contributed by atoms with E-state index in [1.54, 1.807) is 0 Å². The summed E-state index contributed by atoms with van der Waals surface area (Å²) in [7, 11) is 0. The van der Waals surface area contributed by atoms with Crippen molar-refractivity contribution in [1.82, 2.24) is 4.57 Å². The summed E-state index contributed by atoms with van der Waals surface area (Å²) in [6.45, 7) is 6.62. The molecule has 0 saturated carbocycles. The van der Waals surface area contributed by atoms with Gasteiger partial charge in [-0.3, -0.25) is 0 Å². The lowest BCUT2D eigenvalue weighted by Crippen LogP contribution is -2.17. The second kappa shape index (κ2) is 13.3. The molecule has 10 aromatic rings. The smallest absolute Gasteiger partial charge is 0.0541 e. The first kappa shape index (κ1) is 34.7. The quantitative estimate of drug-likeness (QED) is 0.167. The molecule has 0 saturated heterocycles. The Balaban J connectivity index is 1.09. The van der Waals surface area contributed by atoms with E-state index in [-0.39, 0.29) is 5.41 Å². The predicted molar refractivity (Wildman–Crippen MR) is 252 cm³/mol. The molecule has 9 aromatic carbocycles. The van der Waals surface area contributed by atoms with Crippen LogP contribution in [0.5, 0.6) is 0 Å². The highest BCUT2D eigenvalue weighted by Crippen LogP contribution is 2.55. The van der Waals surface area contributed by atoms with E-state index in [0.717, 1.165) is 35.8 Å². The Hall–Kier alpha value is -7.36. The van der Waals surface area contributed by atoms with E-state index in [9.17, 15) is 0 Å². The third-order valence-corrected chi connectivity index (χ3v) is 13.2. The van der Waals surface area contributed by atoms with Gasteiger partial charge in [-0.25, -0.2) is 0 Å². The fourth-order valence-corrected chi connectivity index (χ4v) is 10.3. The predicted octanol–water partition coefficient (Wildman–Crippen LogP) is 14.9. The van der Waals surface area contributed by atoms with Crippen LogP contribution in [0.25, 0.3) is 60.5 Å². The molecule has 0 spiro atoms. The maximum Gasteiger partial charge on any atom is 0.0541 e. The molecule has 3 heteroatoms. The van der Waals surface area contributed by atoms with Gasteiger partial charge in [0.25, 0.3) is 0 Å². The zero-order chi connectivity index (χ0) is 40.0. The molecular formula is C57H43N3. The van der Waals surface area contributed by atoms with Gasteiger partial charge >= 0.3 is 0 Å². The molecule has 3 nitrogen and oxygen atoms in total. The molecule has 1 aliphatic heterocycles. The molecule has 0 amide bonds. The monoisotopic (exact) mass is 769 g/mol. The summed E-state index contributed by atoms with van der Waals surface area (Å²) in [4.78, 5) is 4.97. The summed E-state index contributed by atoms with van der Waals surface area (Å²) < 4.78 is 2.42. The normalized spacial score (nSPS) is 13.8. The number of aromatic nitrogens is 1. The van der Waals surface area contributed by atoms with Crippen LogP contribution in [0.2, 0.25) is 0 Å². The maximum atomic E-state index is 2.49. The molecule has 0 N–H and O–H groups in total. The molecule has 0 fully saturated rings. The highest BCUT2D eigenvalue weighted by molar-refractivity contribution is 6.09. The fourth-order valence-electron chi connectivity index (χ4n) is 10.3. The van der Waals surface area contributed by atoms with Gasteiger partial charge in [0.15, 0.2) is 0 Å². The van der Waals surface area contributed by atoms with Gasteiger partial charge in [-0.15, -0.1) is 0 Å². The van der Waals surface area contributed by atoms with Crippen molar-refractivity contribution < 1.29 is 0 Å². The van der Waals surface area contributed by atoms with Gasteiger partial charge in [0.2, 0.25) is 0 Å². The summed E-state index contributed by atoms with van der Waals surface area (Å²) in [6, 6.07) is 74.2. The summed E-state index contributed by atoms with van der Waals surface area (Å²) >= 11 is 0. The minimum absolute atomic E-state index is 0.197. The van der Waals surface area contributed by atoms with Crippen molar-refractivity contribution in [2.45, 2.75) is 32.4 Å². The molecule has 12 rings (SSSR count). The van der Waals surface area contributed by atoms with Crippen molar-refractivity contribution in [2.75, 3.05) is 9.80 Å². The minimum atomic E-state index is -0.197. The highest BCUT2D eigenvalue weighted by Gasteiger charge is 2.38. The molecule has 1 aromatic heterocycles. The van der Waals surface area contributed by atoms with Crippen molar-refractivity contribution in [3.63, 3.8) is 0 Å². The van der Waals surface area contributed by atoms with Crippen LogP contribution in [0, 0.1) is 0 Å². The zero-order valence-electron chi connectivity index (χ0n) is 33.8. The minimum Gasteiger partial charge on any atom is -0.363 e. The number of para-hydroxylation sites is 3. The highest BCUT2D eigenvalue weighted by atomic mass is 15.2. The number of fused-ring (bicyclic) bond motifs is 8. The Kier molecular flexibility index (Phi) is 7.71. The summed E-state index contributed by atoms with van der Waals surface area (Å²) in [5.41, 5.74) is 18.7. The van der Waals surface area contributed by atoms with Crippen LogP contribution in [0.15, 0.2) is 200 Å². The van der Waals surface area contributed by atoms with Crippen molar-refractivity contribution >= 4 is 55.3 Å². The number of nitrogens with zero attached hydrogens (tertiary/aromatic N) is 3. The number of hydrogen-bond donors (Lipinski definition) is 0. The van der Waals surface area contributed by atoms with Crippen LogP contribution in [0.1, 0.15) is 36.1 Å². The van der Waals surface area contributed by atoms with Crippen molar-refractivity contribution in [3.05, 3.63) is 222 Å². The SMILES string of the molecule is CC1(C)c2ccccc2-c2c(-c3ccc4c(c3)CN(c3ccccc3)C4)cc(N(c3cccc(-n4c5ccccc5c5ccccc54)c3)c3ccc4ccccc4c3)cc21. The number of hydrogen-bond acceptors (Lipinski definition) is 2. The Morgan fingerprint density at radius 3 is 1.92 bits per heavy atom. The summed E-state index contributed by atoms with van der Waals surface area (Å²) in [5, 5.41) is 4.97. The average Bonchev–Trinajstić information content (AvgIpc) is 3.95. The Bertz CT molecular complexity index is 3260. The van der Waals surface area contributed by atoms with Gasteiger partial charge in [-0.1, -0.05) is 141 Å². The van der Waals surface area contributed by atoms with Gasteiger partial charge in [0.1, 0.15) is 0 Å². The molecule has 2 aliphatic rings. The van der Waals surface area contributed by atoms with Crippen molar-refractivity contribution in [3.8, 4) is 27.9 Å². The van der Waals surface area contributed by atoms with E-state index < -0.39 is 0 Å². The van der Waals surface area contributed by atoms with E-state index in [2.05, 4.69) is 228 Å². The van der Waals surface area contributed by atoms with Gasteiger partial charge < -0.3 is 14.4 Å². The van der Waals surface area contributed by atoms with Crippen LogP contribution in [-0.2, 0) is 18.5 Å². The van der Waals surface area contributed by atoms with E-state index in [1.807, 2.05) is 0 Å². The molecular weight excluding hydrogens is 727 g/mol. The second-order valence-corrected chi connectivity index (χ2v) is 17.0. The number of rotatable bonds is 6. The third kappa shape index (κ3) is 5.36. The Morgan fingerprint density at radius 1 is 0.433 bits per heavy atom. The average molecular weight is 770 g/mol. The van der Waals surface area contributed by atoms with Crippen LogP contribution < -0.4 is 9.80 Å². The molecule has 0 unspecified atom stereocenters. The van der Waals surface area contributed by atoms with Gasteiger partial charge in [-0.05, 0) is 128 Å². The fraction of sp³-hybridized carbons (Fsp3) is 0.0877. The van der Waals surface area contributed by atoms with Crippen LogP contribution in [-0.4, -0.2) is 4.57 Å². The van der Waals surface area contributed by atoms with Crippen molar-refractivity contribution in [2.24, 2.45) is 0 Å². The second-order valence-electron chi connectivity index (χ2n) is 17.0. The number of anilines is 4. The standard InChI is InChI=1S/C57H43N3/c1-57(2)52-24-11-8-23-50(52)56-51(40-27-28-41-36-58(37-42(41)31-40)43-17-4-3-5-18-43)34-47(35-53(56)57)59(46-30-29-38-15-6-7-16-39(38)32-46)44-19-14-20-45(33-44)60-54-25-12-9-21-48(54)49-22-10-13-26-55(49)60/h3-35H,36-37H2,1-2H3. The summed E-state index contributed by atoms with van der Waals surface area (Å²) in [6.07, 6.45) is 0. The Morgan fingerprint density at radius 2 is 1.10 bits per heavy atom. The first-order chi connectivity index (χ1) is 29.5. The van der Waals surface area contributed by atoms with E-state index in [4.69, 9.17) is 0 Å². The zero-order valence-corrected chi connectivity index (χ0v) is 33.8. The van der Waals surface area contributed by atoms with Gasteiger partial charge in [0.05, 0.1) is 11.0 Å². The molecule has 0 bridgehead atoms. The lowest BCUT2D eigenvalue weighted by atomic mass is 9.81. The van der Waals surface area contributed by atoms with Crippen LogP contribution in [0.4, 0.5) is 22.7 Å². The van der Waals surface area contributed by atoms with E-state index in [0.29, 0.717) is 0 Å².